The van der Waals surface area contributed by atoms with Crippen LogP contribution in [0.15, 0.2) is 45.8 Å². The number of carbonyl (C=O) groups is 1. The Labute approximate surface area is 229 Å². The third-order valence-corrected chi connectivity index (χ3v) is 7.96. The smallest absolute Gasteiger partial charge is 0.251 e. The summed E-state index contributed by atoms with van der Waals surface area (Å²) >= 11 is 1.33. The highest BCUT2D eigenvalue weighted by Crippen LogP contribution is 2.45. The van der Waals surface area contributed by atoms with Crippen LogP contribution in [0.2, 0.25) is 0 Å². The molecule has 204 valence electrons. The summed E-state index contributed by atoms with van der Waals surface area (Å²) in [7, 11) is 4.74. The molecule has 1 aromatic heterocycles. The standard InChI is InChI=1S/C27H32N4O4S.C2H6/c1-16-11-18(16)13-21-24(17-7-5-8-20(12-17)31-9-6-10-31)35-29-26(21)30-36-25-22(33-3)14-19(27(32)28-2)15-23(25)34-4;1-2/h5,7-8,12,14-16,18H,6,9-11,13H2,1-4H3,(H,28,32)(H,29,30);1-2H3. The number of rotatable bonds is 10. The Bertz CT molecular complexity index is 1230. The van der Waals surface area contributed by atoms with Crippen molar-refractivity contribution in [2.45, 2.75) is 44.9 Å². The van der Waals surface area contributed by atoms with Crippen LogP contribution in [0.5, 0.6) is 11.5 Å². The van der Waals surface area contributed by atoms with Crippen molar-refractivity contribution in [1.82, 2.24) is 10.5 Å². The van der Waals surface area contributed by atoms with Crippen molar-refractivity contribution in [3.63, 3.8) is 0 Å². The van der Waals surface area contributed by atoms with Crippen LogP contribution >= 0.6 is 11.9 Å². The molecule has 2 atom stereocenters. The molecular formula is C29H38N4O4S. The van der Waals surface area contributed by atoms with E-state index in [4.69, 9.17) is 14.0 Å². The van der Waals surface area contributed by atoms with Crippen LogP contribution in [0.4, 0.5) is 11.5 Å². The van der Waals surface area contributed by atoms with Crippen LogP contribution in [0.3, 0.4) is 0 Å². The van der Waals surface area contributed by atoms with E-state index < -0.39 is 0 Å². The maximum atomic E-state index is 12.2. The van der Waals surface area contributed by atoms with Gasteiger partial charge in [0, 0.05) is 42.5 Å². The highest BCUT2D eigenvalue weighted by atomic mass is 32.2. The predicted octanol–water partition coefficient (Wildman–Crippen LogP) is 6.27. The maximum absolute atomic E-state index is 12.2. The SMILES string of the molecule is CC.CNC(=O)c1cc(OC)c(SNc2noc(-c3cccc(N4CCC4)c3)c2CC2CC2C)c(OC)c1. The van der Waals surface area contributed by atoms with E-state index in [0.29, 0.717) is 34.7 Å². The molecule has 1 amide bonds. The number of aromatic nitrogens is 1. The van der Waals surface area contributed by atoms with Crippen molar-refractivity contribution >= 4 is 29.4 Å². The second kappa shape index (κ2) is 12.5. The Hall–Kier alpha value is -3.33. The molecule has 38 heavy (non-hydrogen) atoms. The van der Waals surface area contributed by atoms with Crippen molar-refractivity contribution in [3.8, 4) is 22.8 Å². The normalized spacial score (nSPS) is 17.6. The Morgan fingerprint density at radius 3 is 2.39 bits per heavy atom. The van der Waals surface area contributed by atoms with Gasteiger partial charge in [-0.25, -0.2) is 0 Å². The molecule has 1 saturated carbocycles. The van der Waals surface area contributed by atoms with Gasteiger partial charge in [-0.2, -0.15) is 0 Å². The topological polar surface area (TPSA) is 88.9 Å². The van der Waals surface area contributed by atoms with E-state index in [0.717, 1.165) is 41.3 Å². The highest BCUT2D eigenvalue weighted by Gasteiger charge is 2.35. The first kappa shape index (κ1) is 27.7. The predicted molar refractivity (Wildman–Crippen MR) is 154 cm³/mol. The summed E-state index contributed by atoms with van der Waals surface area (Å²) in [6, 6.07) is 11.9. The molecule has 2 aliphatic rings. The zero-order chi connectivity index (χ0) is 27.2. The largest absolute Gasteiger partial charge is 0.495 e. The van der Waals surface area contributed by atoms with Crippen LogP contribution in [-0.4, -0.2) is 45.4 Å². The Kier molecular flexibility index (Phi) is 9.09. The molecule has 2 unspecified atom stereocenters. The van der Waals surface area contributed by atoms with Gasteiger partial charge >= 0.3 is 0 Å². The van der Waals surface area contributed by atoms with Crippen molar-refractivity contribution in [1.29, 1.82) is 0 Å². The Balaban J connectivity index is 0.00000164. The van der Waals surface area contributed by atoms with Gasteiger partial charge in [-0.05, 0) is 67.3 Å². The van der Waals surface area contributed by atoms with Gasteiger partial charge in [0.15, 0.2) is 11.6 Å². The van der Waals surface area contributed by atoms with Crippen molar-refractivity contribution < 1.29 is 18.8 Å². The molecule has 2 fully saturated rings. The van der Waals surface area contributed by atoms with Gasteiger partial charge in [0.2, 0.25) is 0 Å². The summed E-state index contributed by atoms with van der Waals surface area (Å²) in [6.07, 6.45) is 3.36. The monoisotopic (exact) mass is 538 g/mol. The molecule has 5 rings (SSSR count). The molecule has 2 aromatic carbocycles. The minimum Gasteiger partial charge on any atom is -0.495 e. The molecule has 2 N–H and O–H groups in total. The van der Waals surface area contributed by atoms with Crippen molar-refractivity contribution in [2.75, 3.05) is 44.0 Å². The number of amides is 1. The highest BCUT2D eigenvalue weighted by molar-refractivity contribution is 8.00. The van der Waals surface area contributed by atoms with Crippen molar-refractivity contribution in [3.05, 3.63) is 47.5 Å². The van der Waals surface area contributed by atoms with Gasteiger partial charge < -0.3 is 28.9 Å². The van der Waals surface area contributed by atoms with Crippen LogP contribution in [-0.2, 0) is 6.42 Å². The lowest BCUT2D eigenvalue weighted by atomic mass is 10.0. The van der Waals surface area contributed by atoms with E-state index >= 15 is 0 Å². The number of carbonyl (C=O) groups excluding carboxylic acids is 1. The second-order valence-corrected chi connectivity index (χ2v) is 10.2. The minimum absolute atomic E-state index is 0.210. The fraction of sp³-hybridized carbons (Fsp3) is 0.448. The van der Waals surface area contributed by atoms with E-state index in [1.807, 2.05) is 13.8 Å². The zero-order valence-electron chi connectivity index (χ0n) is 23.1. The number of hydrogen-bond donors (Lipinski definition) is 2. The lowest BCUT2D eigenvalue weighted by Gasteiger charge is -2.33. The third-order valence-electron chi connectivity index (χ3n) is 7.06. The molecule has 1 aliphatic heterocycles. The molecule has 1 aliphatic carbocycles. The van der Waals surface area contributed by atoms with Gasteiger partial charge in [-0.15, -0.1) is 0 Å². The van der Waals surface area contributed by atoms with E-state index in [1.165, 1.54) is 30.5 Å². The van der Waals surface area contributed by atoms with E-state index in [9.17, 15) is 4.79 Å². The van der Waals surface area contributed by atoms with E-state index in [1.54, 1.807) is 33.4 Å². The first-order chi connectivity index (χ1) is 18.5. The third kappa shape index (κ3) is 5.88. The average molecular weight is 539 g/mol. The fourth-order valence-electron chi connectivity index (χ4n) is 4.52. The summed E-state index contributed by atoms with van der Waals surface area (Å²) in [6.45, 7) is 8.48. The molecule has 0 bridgehead atoms. The summed E-state index contributed by atoms with van der Waals surface area (Å²) in [5, 5.41) is 7.06. The number of anilines is 2. The minimum atomic E-state index is -0.210. The molecule has 3 aromatic rings. The van der Waals surface area contributed by atoms with Gasteiger partial charge in [-0.1, -0.05) is 38.1 Å². The number of nitrogens with one attached hydrogen (secondary N) is 2. The number of hydrogen-bond acceptors (Lipinski definition) is 8. The molecule has 0 radical (unpaired) electrons. The molecule has 8 nitrogen and oxygen atoms in total. The fourth-order valence-corrected chi connectivity index (χ4v) is 5.37. The zero-order valence-corrected chi connectivity index (χ0v) is 23.9. The maximum Gasteiger partial charge on any atom is 0.251 e. The van der Waals surface area contributed by atoms with Crippen LogP contribution in [0.1, 0.15) is 49.5 Å². The van der Waals surface area contributed by atoms with Gasteiger partial charge in [0.05, 0.1) is 14.2 Å². The number of benzene rings is 2. The first-order valence-electron chi connectivity index (χ1n) is 13.3. The first-order valence-corrected chi connectivity index (χ1v) is 14.1. The molecule has 0 spiro atoms. The average Bonchev–Trinajstić information content (AvgIpc) is 3.47. The van der Waals surface area contributed by atoms with Gasteiger partial charge in [-0.3, -0.25) is 4.79 Å². The van der Waals surface area contributed by atoms with Gasteiger partial charge in [0.25, 0.3) is 5.91 Å². The molecule has 1 saturated heterocycles. The summed E-state index contributed by atoms with van der Waals surface area (Å²) in [5.74, 6) is 3.71. The molecule has 2 heterocycles. The van der Waals surface area contributed by atoms with Crippen LogP contribution in [0, 0.1) is 11.8 Å². The molecular weight excluding hydrogens is 500 g/mol. The summed E-state index contributed by atoms with van der Waals surface area (Å²) in [4.78, 5) is 15.3. The Morgan fingerprint density at radius 1 is 1.16 bits per heavy atom. The van der Waals surface area contributed by atoms with Gasteiger partial charge in [0.1, 0.15) is 16.4 Å². The lowest BCUT2D eigenvalue weighted by Crippen LogP contribution is -2.36. The summed E-state index contributed by atoms with van der Waals surface area (Å²) < 4.78 is 20.5. The Morgan fingerprint density at radius 2 is 1.84 bits per heavy atom. The lowest BCUT2D eigenvalue weighted by molar-refractivity contribution is 0.0962. The number of nitrogens with zero attached hydrogens (tertiary/aromatic N) is 2. The number of ether oxygens (including phenoxy) is 2. The second-order valence-electron chi connectivity index (χ2n) is 9.40. The van der Waals surface area contributed by atoms with E-state index in [2.05, 4.69) is 51.3 Å². The number of methoxy groups -OCH3 is 2. The summed E-state index contributed by atoms with van der Waals surface area (Å²) in [5.41, 5.74) is 3.80. The van der Waals surface area contributed by atoms with E-state index in [-0.39, 0.29) is 5.91 Å². The quantitative estimate of drug-likeness (QED) is 0.292. The van der Waals surface area contributed by atoms with Crippen LogP contribution in [0.25, 0.3) is 11.3 Å². The van der Waals surface area contributed by atoms with Crippen LogP contribution < -0.4 is 24.4 Å². The van der Waals surface area contributed by atoms with Crippen molar-refractivity contribution in [2.24, 2.45) is 11.8 Å². The molecule has 9 heteroatoms.